The van der Waals surface area contributed by atoms with Gasteiger partial charge in [0.2, 0.25) is 0 Å². The van der Waals surface area contributed by atoms with Crippen molar-refractivity contribution in [2.24, 2.45) is 0 Å². The average molecular weight is 264 g/mol. The summed E-state index contributed by atoms with van der Waals surface area (Å²) in [6.07, 6.45) is 4.94. The van der Waals surface area contributed by atoms with Crippen molar-refractivity contribution in [2.75, 3.05) is 6.54 Å². The van der Waals surface area contributed by atoms with Crippen molar-refractivity contribution >= 4 is 17.2 Å². The zero-order valence-corrected chi connectivity index (χ0v) is 11.3. The summed E-state index contributed by atoms with van der Waals surface area (Å²) in [6.45, 7) is 4.53. The summed E-state index contributed by atoms with van der Waals surface area (Å²) in [5.74, 6) is -0.0306. The first-order valence-electron chi connectivity index (χ1n) is 5.92. The summed E-state index contributed by atoms with van der Waals surface area (Å²) >= 11 is 1.45. The fourth-order valence-corrected chi connectivity index (χ4v) is 2.62. The smallest absolute Gasteiger partial charge is 0.263 e. The van der Waals surface area contributed by atoms with Crippen LogP contribution >= 0.6 is 11.3 Å². The quantitative estimate of drug-likeness (QED) is 0.863. The van der Waals surface area contributed by atoms with Crippen LogP contribution in [0, 0.1) is 6.92 Å². The number of nitrogens with one attached hydrogen (secondary N) is 2. The van der Waals surface area contributed by atoms with E-state index in [-0.39, 0.29) is 5.91 Å². The minimum Gasteiger partial charge on any atom is -0.351 e. The van der Waals surface area contributed by atoms with E-state index >= 15 is 0 Å². The van der Waals surface area contributed by atoms with E-state index in [1.165, 1.54) is 11.3 Å². The molecule has 2 aromatic heterocycles. The van der Waals surface area contributed by atoms with Gasteiger partial charge in [-0.3, -0.25) is 4.79 Å². The van der Waals surface area contributed by atoms with E-state index in [0.717, 1.165) is 34.1 Å². The third-order valence-corrected chi connectivity index (χ3v) is 3.59. The number of aromatic amines is 1. The number of imidazole rings is 1. The largest absolute Gasteiger partial charge is 0.351 e. The van der Waals surface area contributed by atoms with Crippen LogP contribution < -0.4 is 5.32 Å². The van der Waals surface area contributed by atoms with Crippen LogP contribution in [-0.2, 0) is 12.8 Å². The van der Waals surface area contributed by atoms with Crippen LogP contribution in [0.15, 0.2) is 12.5 Å². The zero-order chi connectivity index (χ0) is 13.0. The van der Waals surface area contributed by atoms with Crippen LogP contribution in [0.5, 0.6) is 0 Å². The van der Waals surface area contributed by atoms with Gasteiger partial charge in [0.15, 0.2) is 0 Å². The molecule has 0 bridgehead atoms. The number of hydrogen-bond acceptors (Lipinski definition) is 4. The second kappa shape index (κ2) is 5.77. The van der Waals surface area contributed by atoms with Crippen LogP contribution in [-0.4, -0.2) is 27.4 Å². The van der Waals surface area contributed by atoms with Crippen molar-refractivity contribution < 1.29 is 4.79 Å². The Balaban J connectivity index is 1.91. The molecule has 0 spiro atoms. The lowest BCUT2D eigenvalue weighted by Gasteiger charge is -2.03. The Hall–Kier alpha value is -1.69. The SMILES string of the molecule is CCc1nc(C)sc1C(=O)NCCc1cnc[nH]1. The van der Waals surface area contributed by atoms with Crippen molar-refractivity contribution in [3.63, 3.8) is 0 Å². The van der Waals surface area contributed by atoms with Crippen molar-refractivity contribution in [3.8, 4) is 0 Å². The van der Waals surface area contributed by atoms with Crippen LogP contribution in [0.1, 0.15) is 33.0 Å². The van der Waals surface area contributed by atoms with E-state index in [1.807, 2.05) is 13.8 Å². The maximum atomic E-state index is 12.0. The van der Waals surface area contributed by atoms with Gasteiger partial charge < -0.3 is 10.3 Å². The number of hydrogen-bond donors (Lipinski definition) is 2. The molecule has 5 nitrogen and oxygen atoms in total. The van der Waals surface area contributed by atoms with Crippen LogP contribution in [0.2, 0.25) is 0 Å². The van der Waals surface area contributed by atoms with Gasteiger partial charge in [0.1, 0.15) is 4.88 Å². The van der Waals surface area contributed by atoms with Crippen LogP contribution in [0.4, 0.5) is 0 Å². The molecule has 2 aromatic rings. The first-order valence-corrected chi connectivity index (χ1v) is 6.74. The highest BCUT2D eigenvalue weighted by Gasteiger charge is 2.14. The van der Waals surface area contributed by atoms with E-state index in [2.05, 4.69) is 20.3 Å². The number of amides is 1. The van der Waals surface area contributed by atoms with Crippen molar-refractivity contribution in [2.45, 2.75) is 26.7 Å². The summed E-state index contributed by atoms with van der Waals surface area (Å²) < 4.78 is 0. The zero-order valence-electron chi connectivity index (χ0n) is 10.5. The molecule has 0 saturated heterocycles. The third kappa shape index (κ3) is 2.95. The molecular weight excluding hydrogens is 248 g/mol. The minimum atomic E-state index is -0.0306. The molecule has 0 unspecified atom stereocenters. The fraction of sp³-hybridized carbons (Fsp3) is 0.417. The van der Waals surface area contributed by atoms with Crippen LogP contribution in [0.25, 0.3) is 0 Å². The highest BCUT2D eigenvalue weighted by molar-refractivity contribution is 7.13. The lowest BCUT2D eigenvalue weighted by atomic mass is 10.2. The van der Waals surface area contributed by atoms with Gasteiger partial charge in [-0.25, -0.2) is 9.97 Å². The predicted octanol–water partition coefficient (Wildman–Crippen LogP) is 1.71. The molecule has 0 aliphatic rings. The Morgan fingerprint density at radius 3 is 3.06 bits per heavy atom. The monoisotopic (exact) mass is 264 g/mol. The average Bonchev–Trinajstić information content (AvgIpc) is 2.98. The van der Waals surface area contributed by atoms with E-state index in [4.69, 9.17) is 0 Å². The summed E-state index contributed by atoms with van der Waals surface area (Å²) in [7, 11) is 0. The topological polar surface area (TPSA) is 70.7 Å². The van der Waals surface area contributed by atoms with E-state index < -0.39 is 0 Å². The van der Waals surface area contributed by atoms with Crippen LogP contribution in [0.3, 0.4) is 0 Å². The van der Waals surface area contributed by atoms with Gasteiger partial charge in [-0.15, -0.1) is 11.3 Å². The summed E-state index contributed by atoms with van der Waals surface area (Å²) in [5, 5.41) is 3.84. The number of rotatable bonds is 5. The van der Waals surface area contributed by atoms with Gasteiger partial charge in [-0.05, 0) is 13.3 Å². The Labute approximate surface area is 110 Å². The van der Waals surface area contributed by atoms with Gasteiger partial charge in [0.05, 0.1) is 17.0 Å². The summed E-state index contributed by atoms with van der Waals surface area (Å²) in [6, 6.07) is 0. The van der Waals surface area contributed by atoms with Gasteiger partial charge >= 0.3 is 0 Å². The maximum Gasteiger partial charge on any atom is 0.263 e. The molecule has 0 fully saturated rings. The number of carbonyl (C=O) groups excluding carboxylic acids is 1. The first-order chi connectivity index (χ1) is 8.70. The Kier molecular flexibility index (Phi) is 4.09. The molecule has 2 heterocycles. The Bertz CT molecular complexity index is 518. The summed E-state index contributed by atoms with van der Waals surface area (Å²) in [4.78, 5) is 24.0. The minimum absolute atomic E-state index is 0.0306. The van der Waals surface area contributed by atoms with Gasteiger partial charge in [0.25, 0.3) is 5.91 Å². The molecule has 0 aliphatic carbocycles. The number of nitrogens with zero attached hydrogens (tertiary/aromatic N) is 2. The molecule has 1 amide bonds. The molecule has 0 aliphatic heterocycles. The Morgan fingerprint density at radius 2 is 2.39 bits per heavy atom. The molecule has 0 aromatic carbocycles. The van der Waals surface area contributed by atoms with Crippen molar-refractivity contribution in [1.29, 1.82) is 0 Å². The maximum absolute atomic E-state index is 12.0. The fourth-order valence-electron chi connectivity index (χ4n) is 1.70. The molecule has 0 atom stereocenters. The lowest BCUT2D eigenvalue weighted by Crippen LogP contribution is -2.25. The second-order valence-corrected chi connectivity index (χ2v) is 5.15. The van der Waals surface area contributed by atoms with Crippen molar-refractivity contribution in [1.82, 2.24) is 20.3 Å². The van der Waals surface area contributed by atoms with Gasteiger partial charge in [-0.1, -0.05) is 6.92 Å². The molecule has 2 N–H and O–H groups in total. The standard InChI is InChI=1S/C12H16N4OS/c1-3-10-11(18-8(2)16-10)12(17)14-5-4-9-6-13-7-15-9/h6-7H,3-5H2,1-2H3,(H,13,15)(H,14,17). The highest BCUT2D eigenvalue weighted by Crippen LogP contribution is 2.18. The van der Waals surface area contributed by atoms with Gasteiger partial charge in [0, 0.05) is 24.9 Å². The van der Waals surface area contributed by atoms with Crippen molar-refractivity contribution in [3.05, 3.63) is 33.8 Å². The number of carbonyl (C=O) groups is 1. The number of thiazole rings is 1. The third-order valence-electron chi connectivity index (χ3n) is 2.58. The van der Waals surface area contributed by atoms with E-state index in [9.17, 15) is 4.79 Å². The first kappa shape index (κ1) is 12.8. The normalized spacial score (nSPS) is 10.6. The summed E-state index contributed by atoms with van der Waals surface area (Å²) in [5.41, 5.74) is 1.91. The predicted molar refractivity (Wildman–Crippen MR) is 70.9 cm³/mol. The molecule has 2 rings (SSSR count). The molecule has 0 radical (unpaired) electrons. The molecule has 0 saturated carbocycles. The number of H-pyrrole nitrogens is 1. The number of aryl methyl sites for hydroxylation is 2. The van der Waals surface area contributed by atoms with Gasteiger partial charge in [-0.2, -0.15) is 0 Å². The van der Waals surface area contributed by atoms with E-state index in [1.54, 1.807) is 12.5 Å². The molecule has 18 heavy (non-hydrogen) atoms. The lowest BCUT2D eigenvalue weighted by molar-refractivity contribution is 0.0957. The molecular formula is C12H16N4OS. The second-order valence-electron chi connectivity index (χ2n) is 3.95. The molecule has 96 valence electrons. The number of aromatic nitrogens is 3. The highest BCUT2D eigenvalue weighted by atomic mass is 32.1. The Morgan fingerprint density at radius 1 is 1.56 bits per heavy atom. The molecule has 6 heteroatoms. The van der Waals surface area contributed by atoms with E-state index in [0.29, 0.717) is 6.54 Å².